The van der Waals surface area contributed by atoms with Gasteiger partial charge in [-0.1, -0.05) is 76.8 Å². The number of benzene rings is 1. The fourth-order valence-electron chi connectivity index (χ4n) is 6.51. The third-order valence-electron chi connectivity index (χ3n) is 10.0. The quantitative estimate of drug-likeness (QED) is 0.0558. The largest absolute Gasteiger partial charge is 0.508 e. The molecular formula is C41H64N10O13. The highest BCUT2D eigenvalue weighted by Gasteiger charge is 2.34. The molecular weight excluding hydrogens is 841 g/mol. The number of unbranched alkanes of at least 4 members (excludes halogenated alkanes) is 9. The lowest BCUT2D eigenvalue weighted by Gasteiger charge is -2.26. The summed E-state index contributed by atoms with van der Waals surface area (Å²) in [5, 5.41) is 48.3. The molecule has 0 aromatic heterocycles. The molecule has 64 heavy (non-hydrogen) atoms. The van der Waals surface area contributed by atoms with Gasteiger partial charge in [-0.15, -0.1) is 0 Å². The van der Waals surface area contributed by atoms with E-state index in [1.165, 1.54) is 43.5 Å². The van der Waals surface area contributed by atoms with Crippen molar-refractivity contribution < 1.29 is 63.3 Å². The molecule has 1 heterocycles. The summed E-state index contributed by atoms with van der Waals surface area (Å²) in [5.41, 5.74) is 11.0. The van der Waals surface area contributed by atoms with Crippen LogP contribution < -0.4 is 54.0 Å². The van der Waals surface area contributed by atoms with Crippen molar-refractivity contribution >= 4 is 59.1 Å². The number of aromatic hydroxyl groups is 1. The molecule has 1 aliphatic rings. The Hall–Kier alpha value is -6.36. The summed E-state index contributed by atoms with van der Waals surface area (Å²) < 4.78 is 0. The van der Waals surface area contributed by atoms with Gasteiger partial charge < -0.3 is 69.3 Å². The third kappa shape index (κ3) is 20.7. The maximum absolute atomic E-state index is 13.7. The number of phenolic OH excluding ortho intramolecular Hbond substituents is 1. The molecule has 1 aliphatic heterocycles. The summed E-state index contributed by atoms with van der Waals surface area (Å²) in [5.74, 6) is -11.0. The van der Waals surface area contributed by atoms with Crippen LogP contribution >= 0.6 is 0 Å². The zero-order valence-electron chi connectivity index (χ0n) is 36.1. The molecule has 356 valence electrons. The van der Waals surface area contributed by atoms with Crippen molar-refractivity contribution in [2.24, 2.45) is 11.5 Å². The monoisotopic (exact) mass is 904 g/mol. The lowest BCUT2D eigenvalue weighted by atomic mass is 10.0. The number of phenols is 1. The summed E-state index contributed by atoms with van der Waals surface area (Å²) in [6, 6.07) is -4.95. The molecule has 23 nitrogen and oxygen atoms in total. The Morgan fingerprint density at radius 3 is 1.61 bits per heavy atom. The van der Waals surface area contributed by atoms with Crippen LogP contribution in [-0.4, -0.2) is 137 Å². The highest BCUT2D eigenvalue weighted by atomic mass is 16.3. The zero-order valence-corrected chi connectivity index (χ0v) is 36.1. The maximum atomic E-state index is 13.7. The van der Waals surface area contributed by atoms with Crippen LogP contribution in [0.2, 0.25) is 0 Å². The smallest absolute Gasteiger partial charge is 0.245 e. The molecule has 23 heteroatoms. The summed E-state index contributed by atoms with van der Waals surface area (Å²) in [6.07, 6.45) is 7.50. The molecule has 1 aromatic carbocycles. The Kier molecular flexibility index (Phi) is 24.4. The normalized spacial score (nSPS) is 22.1. The van der Waals surface area contributed by atoms with Gasteiger partial charge in [0.15, 0.2) is 0 Å². The van der Waals surface area contributed by atoms with E-state index in [-0.39, 0.29) is 18.7 Å². The Balaban J connectivity index is 2.44. The van der Waals surface area contributed by atoms with Crippen molar-refractivity contribution in [3.05, 3.63) is 29.8 Å². The van der Waals surface area contributed by atoms with Gasteiger partial charge in [0, 0.05) is 13.0 Å². The van der Waals surface area contributed by atoms with Crippen LogP contribution in [0.4, 0.5) is 0 Å². The van der Waals surface area contributed by atoms with Crippen molar-refractivity contribution in [1.29, 1.82) is 0 Å². The fraction of sp³-hybridized carbons (Fsp3) is 0.610. The number of aliphatic hydroxyl groups is 2. The van der Waals surface area contributed by atoms with Crippen LogP contribution in [0.3, 0.4) is 0 Å². The second-order valence-electron chi connectivity index (χ2n) is 15.5. The van der Waals surface area contributed by atoms with E-state index in [9.17, 15) is 63.3 Å². The molecule has 1 saturated heterocycles. The molecule has 0 aliphatic carbocycles. The third-order valence-corrected chi connectivity index (χ3v) is 10.0. The highest BCUT2D eigenvalue weighted by molar-refractivity contribution is 5.99. The number of primary amides is 2. The van der Waals surface area contributed by atoms with E-state index in [1.54, 1.807) is 0 Å². The van der Waals surface area contributed by atoms with Crippen LogP contribution in [0.25, 0.3) is 0 Å². The van der Waals surface area contributed by atoms with Gasteiger partial charge >= 0.3 is 0 Å². The van der Waals surface area contributed by atoms with Crippen molar-refractivity contribution in [1.82, 2.24) is 42.5 Å². The first kappa shape index (κ1) is 53.8. The molecule has 0 saturated carbocycles. The molecule has 1 aromatic rings. The van der Waals surface area contributed by atoms with Gasteiger partial charge in [-0.3, -0.25) is 47.9 Å². The predicted molar refractivity (Wildman–Crippen MR) is 228 cm³/mol. The maximum Gasteiger partial charge on any atom is 0.245 e. The van der Waals surface area contributed by atoms with Crippen LogP contribution in [0.1, 0.15) is 96.0 Å². The van der Waals surface area contributed by atoms with Gasteiger partial charge in [-0.2, -0.15) is 0 Å². The Bertz CT molecular complexity index is 1760. The Morgan fingerprint density at radius 1 is 0.594 bits per heavy atom. The minimum absolute atomic E-state index is 0.125. The minimum atomic E-state index is -1.82. The second kappa shape index (κ2) is 29.1. The number of carbonyl (C=O) groups is 10. The minimum Gasteiger partial charge on any atom is -0.508 e. The molecule has 2 rings (SSSR count). The molecule has 15 N–H and O–H groups in total. The standard InChI is InChI=1S/C41H64N10O13/c1-2-3-4-5-6-7-8-9-10-11-16-44-36(59)29-20-34(57)47-30(22-52)40(63)48-26(17-24-12-14-25(54)15-13-24)38(61)49-27(18-32(42)55)37(60)45-21-35(58)46-28(19-33(43)56)39(62)51-31(23-53)41(64)50-29/h12-15,26-31,52-54H,2-11,16-23H2,1H3,(H2,42,55)(H2,43,56)(H,44,59)(H,45,60)(H,46,58)(H,47,57)(H,48,63)(H,49,61)(H,50,64)(H,51,62)/t26-,27+,28-,29?,30?,31?/m0/s1. The van der Waals surface area contributed by atoms with E-state index in [4.69, 9.17) is 11.5 Å². The van der Waals surface area contributed by atoms with Crippen LogP contribution in [0.15, 0.2) is 24.3 Å². The van der Waals surface area contributed by atoms with E-state index >= 15 is 0 Å². The average Bonchev–Trinajstić information content (AvgIpc) is 3.24. The topological polar surface area (TPSA) is 380 Å². The van der Waals surface area contributed by atoms with Crippen molar-refractivity contribution in [3.8, 4) is 5.75 Å². The van der Waals surface area contributed by atoms with Crippen molar-refractivity contribution in [2.75, 3.05) is 26.3 Å². The Labute approximate surface area is 370 Å². The number of carbonyl (C=O) groups excluding carboxylic acids is 10. The van der Waals surface area contributed by atoms with Gasteiger partial charge in [-0.05, 0) is 24.1 Å². The number of amides is 10. The summed E-state index contributed by atoms with van der Waals surface area (Å²) >= 11 is 0. The first-order valence-electron chi connectivity index (χ1n) is 21.4. The van der Waals surface area contributed by atoms with Gasteiger partial charge in [-0.25, -0.2) is 0 Å². The SMILES string of the molecule is CCCCCCCCCCCCNC(=O)C1CC(=O)NC(CO)C(=O)N[C@@H](Cc2ccc(O)cc2)C(=O)N[C@H](CC(N)=O)C(=O)NCC(=O)N[C@@H](CC(N)=O)C(=O)NC(CO)C(=O)N1. The van der Waals surface area contributed by atoms with E-state index in [2.05, 4.69) is 49.5 Å². The number of hydrogen-bond acceptors (Lipinski definition) is 13. The van der Waals surface area contributed by atoms with Crippen LogP contribution in [-0.2, 0) is 54.4 Å². The van der Waals surface area contributed by atoms with E-state index in [1.807, 2.05) is 0 Å². The second-order valence-corrected chi connectivity index (χ2v) is 15.5. The summed E-state index contributed by atoms with van der Waals surface area (Å²) in [7, 11) is 0. The average molecular weight is 905 g/mol. The molecule has 0 radical (unpaired) electrons. The molecule has 10 amide bonds. The highest BCUT2D eigenvalue weighted by Crippen LogP contribution is 2.13. The summed E-state index contributed by atoms with van der Waals surface area (Å²) in [4.78, 5) is 131. The first-order valence-corrected chi connectivity index (χ1v) is 21.4. The van der Waals surface area contributed by atoms with Gasteiger partial charge in [0.2, 0.25) is 59.1 Å². The zero-order chi connectivity index (χ0) is 47.6. The number of nitrogens with one attached hydrogen (secondary N) is 8. The molecule has 3 unspecified atom stereocenters. The van der Waals surface area contributed by atoms with E-state index in [0.717, 1.165) is 38.5 Å². The number of nitrogens with two attached hydrogens (primary N) is 2. The predicted octanol–water partition coefficient (Wildman–Crippen LogP) is -3.86. The first-order chi connectivity index (χ1) is 30.5. The number of aliphatic hydroxyl groups excluding tert-OH is 2. The molecule has 1 fully saturated rings. The molecule has 6 atom stereocenters. The van der Waals surface area contributed by atoms with Crippen LogP contribution in [0, 0.1) is 0 Å². The molecule has 0 spiro atoms. The van der Waals surface area contributed by atoms with Crippen molar-refractivity contribution in [2.45, 2.75) is 133 Å². The van der Waals surface area contributed by atoms with E-state index in [0.29, 0.717) is 12.0 Å². The Morgan fingerprint density at radius 2 is 1.05 bits per heavy atom. The lowest BCUT2D eigenvalue weighted by Crippen LogP contribution is -2.61. The number of rotatable bonds is 20. The van der Waals surface area contributed by atoms with Crippen LogP contribution in [0.5, 0.6) is 5.75 Å². The number of hydrogen-bond donors (Lipinski definition) is 13. The fourth-order valence-corrected chi connectivity index (χ4v) is 6.51. The van der Waals surface area contributed by atoms with Gasteiger partial charge in [0.05, 0.1) is 39.0 Å². The van der Waals surface area contributed by atoms with Gasteiger partial charge in [0.25, 0.3) is 0 Å². The lowest BCUT2D eigenvalue weighted by molar-refractivity contribution is -0.137. The summed E-state index contributed by atoms with van der Waals surface area (Å²) in [6.45, 7) is -0.702. The van der Waals surface area contributed by atoms with Gasteiger partial charge in [0.1, 0.15) is 42.0 Å². The van der Waals surface area contributed by atoms with E-state index < -0.39 is 134 Å². The van der Waals surface area contributed by atoms with Crippen molar-refractivity contribution in [3.63, 3.8) is 0 Å². The molecule has 0 bridgehead atoms.